The predicted octanol–water partition coefficient (Wildman–Crippen LogP) is 2.23. The van der Waals surface area contributed by atoms with Gasteiger partial charge in [-0.2, -0.15) is 8.78 Å². The minimum absolute atomic E-state index is 0.158. The van der Waals surface area contributed by atoms with Crippen LogP contribution in [0.2, 0.25) is 0 Å². The fourth-order valence-electron chi connectivity index (χ4n) is 0.725. The van der Waals surface area contributed by atoms with Crippen LogP contribution in [-0.2, 0) is 9.53 Å². The number of carbonyl (C=O) groups is 1. The highest BCUT2D eigenvalue weighted by Gasteiger charge is 2.41. The molecule has 0 aliphatic heterocycles. The maximum absolute atomic E-state index is 12.7. The van der Waals surface area contributed by atoms with Crippen LogP contribution in [0.15, 0.2) is 0 Å². The highest BCUT2D eigenvalue weighted by molar-refractivity contribution is 5.86. The van der Waals surface area contributed by atoms with Gasteiger partial charge in [0, 0.05) is 5.92 Å². The molecule has 0 rings (SSSR count). The van der Waals surface area contributed by atoms with Gasteiger partial charge < -0.3 is 4.74 Å². The van der Waals surface area contributed by atoms with Crippen molar-refractivity contribution in [2.24, 2.45) is 5.92 Å². The number of rotatable bonds is 5. The summed E-state index contributed by atoms with van der Waals surface area (Å²) in [5, 5.41) is 0. The van der Waals surface area contributed by atoms with Crippen molar-refractivity contribution in [2.45, 2.75) is 33.3 Å². The predicted molar refractivity (Wildman–Crippen MR) is 41.0 cm³/mol. The number of carbonyl (C=O) groups excluding carboxylic acids is 1. The van der Waals surface area contributed by atoms with Crippen LogP contribution in [0.5, 0.6) is 0 Å². The molecule has 72 valence electrons. The minimum Gasteiger partial charge on any atom is -0.315 e. The zero-order chi connectivity index (χ0) is 9.78. The van der Waals surface area contributed by atoms with Crippen LogP contribution in [-0.4, -0.2) is 18.5 Å². The molecule has 0 heterocycles. The summed E-state index contributed by atoms with van der Waals surface area (Å²) in [6, 6.07) is 0. The second-order valence-electron chi connectivity index (χ2n) is 2.62. The van der Waals surface area contributed by atoms with E-state index in [1.165, 1.54) is 13.8 Å². The molecular weight excluding hydrogens is 166 g/mol. The Morgan fingerprint density at radius 2 is 2.00 bits per heavy atom. The average molecular weight is 180 g/mol. The first-order chi connectivity index (χ1) is 5.45. The molecule has 0 saturated heterocycles. The summed E-state index contributed by atoms with van der Waals surface area (Å²) < 4.78 is 29.4. The van der Waals surface area contributed by atoms with Gasteiger partial charge >= 0.3 is 6.11 Å². The van der Waals surface area contributed by atoms with Gasteiger partial charge in [-0.05, 0) is 13.3 Å². The van der Waals surface area contributed by atoms with Gasteiger partial charge in [-0.25, -0.2) is 0 Å². The minimum atomic E-state index is -3.61. The molecule has 1 atom stereocenters. The quantitative estimate of drug-likeness (QED) is 0.648. The summed E-state index contributed by atoms with van der Waals surface area (Å²) in [7, 11) is 0. The summed E-state index contributed by atoms with van der Waals surface area (Å²) in [5.74, 6) is -1.78. The van der Waals surface area contributed by atoms with E-state index in [0.29, 0.717) is 6.42 Å². The third kappa shape index (κ3) is 2.85. The second kappa shape index (κ2) is 4.50. The lowest BCUT2D eigenvalue weighted by atomic mass is 10.0. The van der Waals surface area contributed by atoms with Gasteiger partial charge in [-0.1, -0.05) is 13.8 Å². The molecule has 0 aromatic carbocycles. The van der Waals surface area contributed by atoms with Crippen LogP contribution in [0.25, 0.3) is 0 Å². The van der Waals surface area contributed by atoms with Crippen molar-refractivity contribution in [3.05, 3.63) is 0 Å². The summed E-state index contributed by atoms with van der Waals surface area (Å²) in [6.45, 7) is 4.42. The number of Topliss-reactive ketones (excluding diaryl/α,β-unsaturated/α-hetero) is 1. The van der Waals surface area contributed by atoms with Crippen LogP contribution in [0.1, 0.15) is 27.2 Å². The number of hydrogen-bond acceptors (Lipinski definition) is 2. The first kappa shape index (κ1) is 11.5. The molecule has 1 unspecified atom stereocenters. The molecular formula is C8H14F2O2. The molecule has 0 saturated carbocycles. The summed E-state index contributed by atoms with van der Waals surface area (Å²) in [4.78, 5) is 10.9. The molecule has 0 aromatic heterocycles. The van der Waals surface area contributed by atoms with Crippen molar-refractivity contribution in [1.29, 1.82) is 0 Å². The number of ketones is 1. The van der Waals surface area contributed by atoms with E-state index >= 15 is 0 Å². The van der Waals surface area contributed by atoms with Gasteiger partial charge in [0.25, 0.3) is 0 Å². The number of ether oxygens (including phenoxy) is 1. The van der Waals surface area contributed by atoms with E-state index in [0.717, 1.165) is 0 Å². The lowest BCUT2D eigenvalue weighted by Gasteiger charge is -2.17. The van der Waals surface area contributed by atoms with E-state index < -0.39 is 17.8 Å². The van der Waals surface area contributed by atoms with E-state index in [2.05, 4.69) is 4.74 Å². The zero-order valence-corrected chi connectivity index (χ0v) is 7.56. The molecule has 0 amide bonds. The summed E-state index contributed by atoms with van der Waals surface area (Å²) >= 11 is 0. The Morgan fingerprint density at radius 1 is 1.50 bits per heavy atom. The van der Waals surface area contributed by atoms with Gasteiger partial charge in [-0.3, -0.25) is 4.79 Å². The largest absolute Gasteiger partial charge is 0.416 e. The van der Waals surface area contributed by atoms with Crippen molar-refractivity contribution in [1.82, 2.24) is 0 Å². The smallest absolute Gasteiger partial charge is 0.315 e. The lowest BCUT2D eigenvalue weighted by molar-refractivity contribution is -0.230. The first-order valence-electron chi connectivity index (χ1n) is 4.01. The van der Waals surface area contributed by atoms with Gasteiger partial charge in [0.05, 0.1) is 6.61 Å². The number of hydrogen-bond donors (Lipinski definition) is 0. The molecule has 0 aromatic rings. The Kier molecular flexibility index (Phi) is 4.31. The topological polar surface area (TPSA) is 26.3 Å². The second-order valence-corrected chi connectivity index (χ2v) is 2.62. The van der Waals surface area contributed by atoms with Gasteiger partial charge in [-0.15, -0.1) is 0 Å². The van der Waals surface area contributed by atoms with Gasteiger partial charge in [0.15, 0.2) is 0 Å². The molecule has 0 aliphatic rings. The lowest BCUT2D eigenvalue weighted by Crippen LogP contribution is -2.36. The van der Waals surface area contributed by atoms with E-state index in [9.17, 15) is 13.6 Å². The molecule has 0 bridgehead atoms. The highest BCUT2D eigenvalue weighted by Crippen LogP contribution is 2.22. The Bertz CT molecular complexity index is 157. The maximum atomic E-state index is 12.7. The molecule has 4 heteroatoms. The zero-order valence-electron chi connectivity index (χ0n) is 7.56. The number of halogens is 2. The fraction of sp³-hybridized carbons (Fsp3) is 0.875. The van der Waals surface area contributed by atoms with Crippen LogP contribution in [0, 0.1) is 5.92 Å². The van der Waals surface area contributed by atoms with E-state index in [1.807, 2.05) is 0 Å². The third-order valence-electron chi connectivity index (χ3n) is 1.67. The van der Waals surface area contributed by atoms with Crippen LogP contribution in [0.4, 0.5) is 8.78 Å². The Balaban J connectivity index is 4.24. The van der Waals surface area contributed by atoms with Crippen molar-refractivity contribution in [3.8, 4) is 0 Å². The average Bonchev–Trinajstić information content (AvgIpc) is 2.01. The van der Waals surface area contributed by atoms with Gasteiger partial charge in [0.2, 0.25) is 5.78 Å². The van der Waals surface area contributed by atoms with Crippen molar-refractivity contribution in [2.75, 3.05) is 6.61 Å². The summed E-state index contributed by atoms with van der Waals surface area (Å²) in [6.07, 6.45) is -3.20. The number of alkyl halides is 2. The van der Waals surface area contributed by atoms with Crippen LogP contribution >= 0.6 is 0 Å². The molecule has 2 nitrogen and oxygen atoms in total. The van der Waals surface area contributed by atoms with Crippen LogP contribution < -0.4 is 0 Å². The first-order valence-corrected chi connectivity index (χ1v) is 4.01. The maximum Gasteiger partial charge on any atom is 0.416 e. The molecule has 0 N–H and O–H groups in total. The normalized spacial score (nSPS) is 14.4. The fourth-order valence-corrected chi connectivity index (χ4v) is 0.725. The van der Waals surface area contributed by atoms with E-state index in [-0.39, 0.29) is 6.61 Å². The highest BCUT2D eigenvalue weighted by atomic mass is 19.3. The SMILES string of the molecule is CCOC(F)(F)C(=O)C(C)CC. The van der Waals surface area contributed by atoms with Crippen molar-refractivity contribution < 1.29 is 18.3 Å². The van der Waals surface area contributed by atoms with E-state index in [1.54, 1.807) is 6.92 Å². The molecule has 0 fully saturated rings. The standard InChI is InChI=1S/C8H14F2O2/c1-4-6(3)7(11)8(9,10)12-5-2/h6H,4-5H2,1-3H3. The van der Waals surface area contributed by atoms with Gasteiger partial charge in [0.1, 0.15) is 0 Å². The molecule has 0 radical (unpaired) electrons. The summed E-state index contributed by atoms with van der Waals surface area (Å²) in [5.41, 5.74) is 0. The van der Waals surface area contributed by atoms with E-state index in [4.69, 9.17) is 0 Å². The van der Waals surface area contributed by atoms with Crippen molar-refractivity contribution >= 4 is 5.78 Å². The molecule has 0 aliphatic carbocycles. The van der Waals surface area contributed by atoms with Crippen LogP contribution in [0.3, 0.4) is 0 Å². The molecule has 12 heavy (non-hydrogen) atoms. The Labute approximate surface area is 70.9 Å². The third-order valence-corrected chi connectivity index (χ3v) is 1.67. The molecule has 0 spiro atoms. The van der Waals surface area contributed by atoms with Crippen molar-refractivity contribution in [3.63, 3.8) is 0 Å². The Morgan fingerprint density at radius 3 is 2.33 bits per heavy atom. The monoisotopic (exact) mass is 180 g/mol. The Hall–Kier alpha value is -0.510.